The second-order valence-electron chi connectivity index (χ2n) is 12.1. The molecule has 0 radical (unpaired) electrons. The maximum absolute atomic E-state index is 13.2. The lowest BCUT2D eigenvalue weighted by atomic mass is 9.89. The van der Waals surface area contributed by atoms with Gasteiger partial charge in [-0.3, -0.25) is 4.79 Å². The van der Waals surface area contributed by atoms with Crippen LogP contribution in [0.25, 0.3) is 22.3 Å². The Kier molecular flexibility index (Phi) is 7.75. The van der Waals surface area contributed by atoms with Crippen LogP contribution in [0.2, 0.25) is 0 Å². The van der Waals surface area contributed by atoms with Crippen molar-refractivity contribution in [3.63, 3.8) is 0 Å². The summed E-state index contributed by atoms with van der Waals surface area (Å²) in [5.74, 6) is 0.193. The molecule has 0 spiro atoms. The van der Waals surface area contributed by atoms with Crippen LogP contribution in [0.15, 0.2) is 27.7 Å². The number of nitrogens with zero attached hydrogens (tertiary/aromatic N) is 3. The molecule has 1 aromatic carbocycles. The number of carbonyl (C=O) groups is 1. The number of sulfonamides is 1. The molecule has 1 aliphatic rings. The highest BCUT2D eigenvalue weighted by Crippen LogP contribution is 2.36. The van der Waals surface area contributed by atoms with Crippen molar-refractivity contribution in [3.8, 4) is 11.3 Å². The minimum Gasteiger partial charge on any atom is -0.389 e. The normalized spacial score (nSPS) is 15.8. The number of benzene rings is 1. The molecule has 1 aliphatic carbocycles. The number of aromatic nitrogens is 3. The van der Waals surface area contributed by atoms with Gasteiger partial charge >= 0.3 is 0 Å². The van der Waals surface area contributed by atoms with Crippen LogP contribution in [0.3, 0.4) is 0 Å². The SMILES string of the molecule is Cc1c(C(=O)NCC(C)(C)O)cc(-c2ccc(S(=O)(=O)NC(C)(C)C)c3nonc23)n1CC1CCCCC1. The molecule has 0 saturated heterocycles. The molecule has 2 heterocycles. The standard InChI is InChI=1S/C27H39N5O5S/c1-17-20(25(33)28-16-27(5,6)34)14-21(32(17)15-18-10-8-7-9-11-18)19-12-13-22(24-23(19)29-37-30-24)38(35,36)31-26(2,3)4/h12-14,18,31,34H,7-11,15-16H2,1-6H3,(H,28,33). The zero-order valence-electron chi connectivity index (χ0n) is 23.1. The second kappa shape index (κ2) is 10.4. The number of amides is 1. The Bertz CT molecular complexity index is 1420. The minimum absolute atomic E-state index is 0.0160. The fourth-order valence-electron chi connectivity index (χ4n) is 5.08. The molecule has 1 amide bonds. The van der Waals surface area contributed by atoms with Gasteiger partial charge in [0.1, 0.15) is 10.4 Å². The van der Waals surface area contributed by atoms with Gasteiger partial charge in [0.2, 0.25) is 10.0 Å². The second-order valence-corrected chi connectivity index (χ2v) is 13.7. The van der Waals surface area contributed by atoms with Crippen LogP contribution in [-0.2, 0) is 16.6 Å². The van der Waals surface area contributed by atoms with Crippen molar-refractivity contribution >= 4 is 27.0 Å². The molecule has 1 fully saturated rings. The molecule has 0 unspecified atom stereocenters. The van der Waals surface area contributed by atoms with Gasteiger partial charge in [-0.1, -0.05) is 19.3 Å². The van der Waals surface area contributed by atoms with E-state index in [1.165, 1.54) is 25.3 Å². The Hall–Kier alpha value is -2.76. The molecule has 3 N–H and O–H groups in total. The topological polar surface area (TPSA) is 139 Å². The molecule has 0 aliphatic heterocycles. The zero-order valence-corrected chi connectivity index (χ0v) is 23.9. The first-order chi connectivity index (χ1) is 17.7. The van der Waals surface area contributed by atoms with Crippen molar-refractivity contribution < 1.29 is 22.9 Å². The van der Waals surface area contributed by atoms with E-state index in [1.54, 1.807) is 40.7 Å². The van der Waals surface area contributed by atoms with E-state index in [4.69, 9.17) is 4.63 Å². The van der Waals surface area contributed by atoms with Gasteiger partial charge in [-0.05, 0) is 88.8 Å². The number of nitrogens with one attached hydrogen (secondary N) is 2. The number of rotatable bonds is 8. The third kappa shape index (κ3) is 6.27. The van der Waals surface area contributed by atoms with Gasteiger partial charge in [0.05, 0.1) is 16.9 Å². The summed E-state index contributed by atoms with van der Waals surface area (Å²) in [6.45, 7) is 11.3. The molecule has 10 nitrogen and oxygen atoms in total. The van der Waals surface area contributed by atoms with Crippen LogP contribution >= 0.6 is 0 Å². The zero-order chi connectivity index (χ0) is 27.9. The van der Waals surface area contributed by atoms with Crippen molar-refractivity contribution in [2.75, 3.05) is 6.54 Å². The predicted molar refractivity (Wildman–Crippen MR) is 145 cm³/mol. The van der Waals surface area contributed by atoms with Crippen LogP contribution in [-0.4, -0.2) is 52.0 Å². The van der Waals surface area contributed by atoms with Gasteiger partial charge in [0, 0.05) is 29.9 Å². The van der Waals surface area contributed by atoms with Crippen molar-refractivity contribution in [1.29, 1.82) is 0 Å². The molecule has 11 heteroatoms. The minimum atomic E-state index is -3.89. The van der Waals surface area contributed by atoms with E-state index in [9.17, 15) is 18.3 Å². The maximum atomic E-state index is 13.2. The first-order valence-electron chi connectivity index (χ1n) is 13.2. The smallest absolute Gasteiger partial charge is 0.253 e. The van der Waals surface area contributed by atoms with Crippen LogP contribution in [0, 0.1) is 12.8 Å². The molecule has 4 rings (SSSR count). The molecule has 0 bridgehead atoms. The Morgan fingerprint density at radius 2 is 1.76 bits per heavy atom. The van der Waals surface area contributed by atoms with E-state index in [0.29, 0.717) is 22.6 Å². The van der Waals surface area contributed by atoms with E-state index in [1.807, 2.05) is 13.0 Å². The van der Waals surface area contributed by atoms with E-state index in [-0.39, 0.29) is 22.9 Å². The highest BCUT2D eigenvalue weighted by atomic mass is 32.2. The lowest BCUT2D eigenvalue weighted by Gasteiger charge is -2.24. The number of aliphatic hydroxyl groups is 1. The number of carbonyl (C=O) groups excluding carboxylic acids is 1. The molecule has 208 valence electrons. The highest BCUT2D eigenvalue weighted by molar-refractivity contribution is 7.89. The Morgan fingerprint density at radius 1 is 1.11 bits per heavy atom. The lowest BCUT2D eigenvalue weighted by Crippen LogP contribution is -2.40. The first-order valence-corrected chi connectivity index (χ1v) is 14.6. The lowest BCUT2D eigenvalue weighted by molar-refractivity contribution is 0.0694. The fraction of sp³-hybridized carbons (Fsp3) is 0.593. The van der Waals surface area contributed by atoms with Gasteiger partial charge < -0.3 is 15.0 Å². The maximum Gasteiger partial charge on any atom is 0.253 e. The number of hydrogen-bond donors (Lipinski definition) is 3. The Labute approximate surface area is 224 Å². The molecule has 2 aromatic heterocycles. The van der Waals surface area contributed by atoms with Crippen molar-refractivity contribution in [2.24, 2.45) is 5.92 Å². The molecule has 1 saturated carbocycles. The summed E-state index contributed by atoms with van der Waals surface area (Å²) in [7, 11) is -3.89. The van der Waals surface area contributed by atoms with Gasteiger partial charge in [0.25, 0.3) is 5.91 Å². The van der Waals surface area contributed by atoms with Crippen LogP contribution in [0.1, 0.15) is 82.8 Å². The van der Waals surface area contributed by atoms with E-state index >= 15 is 0 Å². The van der Waals surface area contributed by atoms with Crippen molar-refractivity contribution in [3.05, 3.63) is 29.5 Å². The van der Waals surface area contributed by atoms with Crippen LogP contribution < -0.4 is 10.0 Å². The Morgan fingerprint density at radius 3 is 2.39 bits per heavy atom. The molecule has 0 atom stereocenters. The summed E-state index contributed by atoms with van der Waals surface area (Å²) in [6.07, 6.45) is 5.85. The molecule has 38 heavy (non-hydrogen) atoms. The van der Waals surface area contributed by atoms with Gasteiger partial charge in [-0.15, -0.1) is 0 Å². The van der Waals surface area contributed by atoms with E-state index in [2.05, 4.69) is 24.9 Å². The van der Waals surface area contributed by atoms with Gasteiger partial charge in [-0.2, -0.15) is 0 Å². The van der Waals surface area contributed by atoms with Gasteiger partial charge in [-0.25, -0.2) is 17.8 Å². The first kappa shape index (κ1) is 28.3. The molecular weight excluding hydrogens is 506 g/mol. The largest absolute Gasteiger partial charge is 0.389 e. The van der Waals surface area contributed by atoms with Crippen molar-refractivity contribution in [2.45, 2.75) is 96.2 Å². The highest BCUT2D eigenvalue weighted by Gasteiger charge is 2.29. The number of hydrogen-bond acceptors (Lipinski definition) is 7. The van der Waals surface area contributed by atoms with E-state index < -0.39 is 21.2 Å². The molecule has 3 aromatic rings. The summed E-state index contributed by atoms with van der Waals surface area (Å²) in [4.78, 5) is 13.1. The predicted octanol–water partition coefficient (Wildman–Crippen LogP) is 4.16. The monoisotopic (exact) mass is 545 g/mol. The summed E-state index contributed by atoms with van der Waals surface area (Å²) in [5, 5.41) is 20.9. The average molecular weight is 546 g/mol. The number of fused-ring (bicyclic) bond motifs is 1. The van der Waals surface area contributed by atoms with Crippen molar-refractivity contribution in [1.82, 2.24) is 24.9 Å². The van der Waals surface area contributed by atoms with Crippen LogP contribution in [0.4, 0.5) is 0 Å². The fourth-order valence-corrected chi connectivity index (χ4v) is 6.63. The van der Waals surface area contributed by atoms with E-state index in [0.717, 1.165) is 30.8 Å². The quantitative estimate of drug-likeness (QED) is 0.386. The third-order valence-electron chi connectivity index (χ3n) is 6.84. The van der Waals surface area contributed by atoms with Crippen LogP contribution in [0.5, 0.6) is 0 Å². The summed E-state index contributed by atoms with van der Waals surface area (Å²) in [6, 6.07) is 5.02. The summed E-state index contributed by atoms with van der Waals surface area (Å²) in [5.41, 5.74) is 1.40. The average Bonchev–Trinajstić information content (AvgIpc) is 3.41. The summed E-state index contributed by atoms with van der Waals surface area (Å²) < 4.78 is 36.1. The molecular formula is C27H39N5O5S. The third-order valence-corrected chi connectivity index (χ3v) is 8.63. The summed E-state index contributed by atoms with van der Waals surface area (Å²) >= 11 is 0. The van der Waals surface area contributed by atoms with Gasteiger partial charge in [0.15, 0.2) is 5.52 Å². The Balaban J connectivity index is 1.82.